The van der Waals surface area contributed by atoms with Gasteiger partial charge >= 0.3 is 11.9 Å². The van der Waals surface area contributed by atoms with E-state index in [1.54, 1.807) is 13.8 Å². The van der Waals surface area contributed by atoms with E-state index in [9.17, 15) is 9.59 Å². The third-order valence-electron chi connectivity index (χ3n) is 5.12. The second-order valence-electron chi connectivity index (χ2n) is 6.66. The van der Waals surface area contributed by atoms with Gasteiger partial charge in [-0.05, 0) is 38.4 Å². The summed E-state index contributed by atoms with van der Waals surface area (Å²) < 4.78 is 10.5. The van der Waals surface area contributed by atoms with E-state index >= 15 is 0 Å². The van der Waals surface area contributed by atoms with Crippen LogP contribution in [0, 0.1) is 5.92 Å². The van der Waals surface area contributed by atoms with Crippen LogP contribution in [0.3, 0.4) is 0 Å². The molecule has 6 nitrogen and oxygen atoms in total. The summed E-state index contributed by atoms with van der Waals surface area (Å²) in [7, 11) is 1.87. The van der Waals surface area contributed by atoms with Crippen LogP contribution < -0.4 is 0 Å². The standard InChI is InChI=1S/C21H26N2O4/c1-4-26-20(24)15-11-18(21(25)27-5-2)23(3)19(15)17-13-22-12-16(17)14-9-7-6-8-10-14/h6-10,12-13,15,18-19,22H,4-5,11H2,1-3H3/t15-,18-,19+/m1/s1. The predicted molar refractivity (Wildman–Crippen MR) is 102 cm³/mol. The average molecular weight is 370 g/mol. The van der Waals surface area contributed by atoms with Crippen molar-refractivity contribution in [2.45, 2.75) is 32.4 Å². The molecule has 0 radical (unpaired) electrons. The van der Waals surface area contributed by atoms with Gasteiger partial charge in [-0.15, -0.1) is 0 Å². The molecule has 3 rings (SSSR count). The predicted octanol–water partition coefficient (Wildman–Crippen LogP) is 3.17. The number of ether oxygens (including phenoxy) is 2. The molecule has 0 spiro atoms. The fourth-order valence-corrected chi connectivity index (χ4v) is 3.91. The molecule has 0 aliphatic carbocycles. The first-order valence-corrected chi connectivity index (χ1v) is 9.35. The van der Waals surface area contributed by atoms with Crippen molar-refractivity contribution in [3.8, 4) is 11.1 Å². The van der Waals surface area contributed by atoms with Gasteiger partial charge in [0, 0.05) is 18.0 Å². The molecule has 1 aromatic heterocycles. The molecular weight excluding hydrogens is 344 g/mol. The molecule has 0 bridgehead atoms. The van der Waals surface area contributed by atoms with Crippen molar-refractivity contribution in [2.24, 2.45) is 5.92 Å². The molecule has 1 aromatic carbocycles. The van der Waals surface area contributed by atoms with Crippen molar-refractivity contribution in [2.75, 3.05) is 20.3 Å². The molecule has 3 atom stereocenters. The van der Waals surface area contributed by atoms with E-state index in [4.69, 9.17) is 9.47 Å². The smallest absolute Gasteiger partial charge is 0.323 e. The number of carbonyl (C=O) groups excluding carboxylic acids is 2. The van der Waals surface area contributed by atoms with Crippen molar-refractivity contribution < 1.29 is 19.1 Å². The summed E-state index contributed by atoms with van der Waals surface area (Å²) in [6.07, 6.45) is 4.22. The molecule has 1 aliphatic heterocycles. The Hall–Kier alpha value is -2.60. The van der Waals surface area contributed by atoms with Gasteiger partial charge in [0.15, 0.2) is 0 Å². The van der Waals surface area contributed by atoms with Crippen LogP contribution in [0.25, 0.3) is 11.1 Å². The van der Waals surface area contributed by atoms with Crippen LogP contribution >= 0.6 is 0 Å². The Bertz CT molecular complexity index is 786. The van der Waals surface area contributed by atoms with Crippen molar-refractivity contribution in [3.63, 3.8) is 0 Å². The van der Waals surface area contributed by atoms with Crippen LogP contribution in [0.15, 0.2) is 42.7 Å². The van der Waals surface area contributed by atoms with Gasteiger partial charge in [0.25, 0.3) is 0 Å². The lowest BCUT2D eigenvalue weighted by molar-refractivity contribution is -0.149. The number of likely N-dealkylation sites (N-methyl/N-ethyl adjacent to an activating group) is 1. The molecule has 1 fully saturated rings. The Balaban J connectivity index is 1.99. The fraction of sp³-hybridized carbons (Fsp3) is 0.429. The number of likely N-dealkylation sites (tertiary alicyclic amines) is 1. The first kappa shape index (κ1) is 19.2. The molecule has 2 heterocycles. The maximum atomic E-state index is 12.7. The van der Waals surface area contributed by atoms with Crippen molar-refractivity contribution in [1.82, 2.24) is 9.88 Å². The fourth-order valence-electron chi connectivity index (χ4n) is 3.91. The number of aromatic amines is 1. The van der Waals surface area contributed by atoms with Gasteiger partial charge in [-0.2, -0.15) is 0 Å². The molecule has 1 aliphatic rings. The van der Waals surface area contributed by atoms with Crippen LogP contribution in [-0.4, -0.2) is 48.1 Å². The summed E-state index contributed by atoms with van der Waals surface area (Å²) in [6.45, 7) is 4.21. The summed E-state index contributed by atoms with van der Waals surface area (Å²) >= 11 is 0. The zero-order chi connectivity index (χ0) is 19.4. The van der Waals surface area contributed by atoms with E-state index in [-0.39, 0.29) is 18.0 Å². The van der Waals surface area contributed by atoms with Crippen LogP contribution in [0.1, 0.15) is 31.9 Å². The number of hydrogen-bond acceptors (Lipinski definition) is 5. The minimum Gasteiger partial charge on any atom is -0.466 e. The van der Waals surface area contributed by atoms with E-state index in [1.807, 2.05) is 54.7 Å². The van der Waals surface area contributed by atoms with Crippen molar-refractivity contribution in [3.05, 3.63) is 48.3 Å². The van der Waals surface area contributed by atoms with E-state index < -0.39 is 12.0 Å². The van der Waals surface area contributed by atoms with Gasteiger partial charge in [0.05, 0.1) is 25.2 Å². The Morgan fingerprint density at radius 2 is 1.74 bits per heavy atom. The number of esters is 2. The van der Waals surface area contributed by atoms with Crippen LogP contribution in [0.2, 0.25) is 0 Å². The zero-order valence-electron chi connectivity index (χ0n) is 16.0. The number of nitrogens with one attached hydrogen (secondary N) is 1. The Morgan fingerprint density at radius 1 is 1.07 bits per heavy atom. The SMILES string of the molecule is CCOC(=O)[C@H]1C[C@@H](C(=O)OCC)[C@@H](c2c[nH]cc2-c2ccccc2)N1C. The summed E-state index contributed by atoms with van der Waals surface area (Å²) in [6, 6.07) is 9.26. The molecule has 1 N–H and O–H groups in total. The molecule has 0 unspecified atom stereocenters. The van der Waals surface area contributed by atoms with Gasteiger partial charge in [-0.3, -0.25) is 14.5 Å². The first-order chi connectivity index (χ1) is 13.1. The molecule has 144 valence electrons. The summed E-state index contributed by atoms with van der Waals surface area (Å²) in [5, 5.41) is 0. The van der Waals surface area contributed by atoms with E-state index in [0.717, 1.165) is 16.7 Å². The number of nitrogens with zero attached hydrogens (tertiary/aromatic N) is 1. The number of rotatable bonds is 6. The number of hydrogen-bond donors (Lipinski definition) is 1. The topological polar surface area (TPSA) is 71.6 Å². The van der Waals surface area contributed by atoms with Crippen LogP contribution in [0.4, 0.5) is 0 Å². The highest BCUT2D eigenvalue weighted by atomic mass is 16.5. The maximum Gasteiger partial charge on any atom is 0.323 e. The van der Waals surface area contributed by atoms with Gasteiger partial charge in [0.1, 0.15) is 6.04 Å². The monoisotopic (exact) mass is 370 g/mol. The van der Waals surface area contributed by atoms with E-state index in [1.165, 1.54) is 0 Å². The first-order valence-electron chi connectivity index (χ1n) is 9.35. The number of benzene rings is 1. The Labute approximate surface area is 159 Å². The third-order valence-corrected chi connectivity index (χ3v) is 5.12. The highest BCUT2D eigenvalue weighted by molar-refractivity contribution is 5.81. The van der Waals surface area contributed by atoms with Crippen molar-refractivity contribution >= 4 is 11.9 Å². The summed E-state index contributed by atoms with van der Waals surface area (Å²) in [4.78, 5) is 30.2. The lowest BCUT2D eigenvalue weighted by Gasteiger charge is -2.27. The van der Waals surface area contributed by atoms with Crippen LogP contribution in [0.5, 0.6) is 0 Å². The normalized spacial score (nSPS) is 22.6. The quantitative estimate of drug-likeness (QED) is 0.791. The molecule has 1 saturated heterocycles. The summed E-state index contributed by atoms with van der Waals surface area (Å²) in [5.74, 6) is -1.00. The zero-order valence-corrected chi connectivity index (χ0v) is 16.0. The largest absolute Gasteiger partial charge is 0.466 e. The lowest BCUT2D eigenvalue weighted by atomic mass is 9.90. The van der Waals surface area contributed by atoms with Crippen LogP contribution in [-0.2, 0) is 19.1 Å². The second-order valence-corrected chi connectivity index (χ2v) is 6.66. The number of carbonyl (C=O) groups is 2. The maximum absolute atomic E-state index is 12.7. The highest BCUT2D eigenvalue weighted by Gasteiger charge is 2.48. The molecule has 0 saturated carbocycles. The second kappa shape index (κ2) is 8.39. The Morgan fingerprint density at radius 3 is 2.41 bits per heavy atom. The van der Waals surface area contributed by atoms with Gasteiger partial charge in [-0.1, -0.05) is 30.3 Å². The highest BCUT2D eigenvalue weighted by Crippen LogP contribution is 2.44. The van der Waals surface area contributed by atoms with Gasteiger partial charge < -0.3 is 14.5 Å². The van der Waals surface area contributed by atoms with Crippen molar-refractivity contribution in [1.29, 1.82) is 0 Å². The number of H-pyrrole nitrogens is 1. The molecule has 2 aromatic rings. The molecule has 0 amide bonds. The van der Waals surface area contributed by atoms with E-state index in [2.05, 4.69) is 4.98 Å². The average Bonchev–Trinajstić information content (AvgIpc) is 3.27. The number of aromatic nitrogens is 1. The minimum absolute atomic E-state index is 0.264. The summed E-state index contributed by atoms with van der Waals surface area (Å²) in [5.41, 5.74) is 3.06. The molecule has 6 heteroatoms. The molecule has 27 heavy (non-hydrogen) atoms. The van der Waals surface area contributed by atoms with Gasteiger partial charge in [-0.25, -0.2) is 0 Å². The van der Waals surface area contributed by atoms with E-state index in [0.29, 0.717) is 19.6 Å². The molecular formula is C21H26N2O4. The third kappa shape index (κ3) is 3.76. The lowest BCUT2D eigenvalue weighted by Crippen LogP contribution is -2.36. The Kier molecular flexibility index (Phi) is 5.96. The minimum atomic E-state index is -0.470. The van der Waals surface area contributed by atoms with Gasteiger partial charge in [0.2, 0.25) is 0 Å².